The first-order chi connectivity index (χ1) is 7.60. The maximum atomic E-state index is 11.5. The summed E-state index contributed by atoms with van der Waals surface area (Å²) in [4.78, 5) is 22.1. The lowest BCUT2D eigenvalue weighted by molar-refractivity contribution is -0.139. The molecule has 0 aliphatic heterocycles. The maximum absolute atomic E-state index is 11.5. The molecule has 0 unspecified atom stereocenters. The van der Waals surface area contributed by atoms with E-state index in [4.69, 9.17) is 9.84 Å². The largest absolute Gasteiger partial charge is 0.480 e. The van der Waals surface area contributed by atoms with Gasteiger partial charge in [-0.1, -0.05) is 13.8 Å². The van der Waals surface area contributed by atoms with Gasteiger partial charge < -0.3 is 9.84 Å². The van der Waals surface area contributed by atoms with Gasteiger partial charge in [0.15, 0.2) is 0 Å². The number of ether oxygens (including phenoxy) is 1. The van der Waals surface area contributed by atoms with Gasteiger partial charge in [-0.15, -0.1) is 0 Å². The zero-order chi connectivity index (χ0) is 13.6. The average Bonchev–Trinajstić information content (AvgIpc) is 1.95. The number of carboxylic acid groups (broad SMARTS) is 1. The fraction of sp³-hybridized carbons (Fsp3) is 0.818. The number of carbonyl (C=O) groups is 2. The fourth-order valence-electron chi connectivity index (χ4n) is 1.18. The van der Waals surface area contributed by atoms with Crippen LogP contribution in [0.2, 0.25) is 0 Å². The molecule has 6 nitrogen and oxygen atoms in total. The summed E-state index contributed by atoms with van der Waals surface area (Å²) in [5.41, 5.74) is 1.83. The summed E-state index contributed by atoms with van der Waals surface area (Å²) in [7, 11) is 0. The fourth-order valence-corrected chi connectivity index (χ4v) is 1.18. The number of nitrogens with one attached hydrogen (secondary N) is 1. The van der Waals surface area contributed by atoms with Crippen LogP contribution in [0.5, 0.6) is 0 Å². The number of carbonyl (C=O) groups excluding carboxylic acids is 1. The number of nitrogens with zero attached hydrogens (tertiary/aromatic N) is 1. The molecule has 0 fully saturated rings. The first-order valence-electron chi connectivity index (χ1n) is 5.56. The van der Waals surface area contributed by atoms with Crippen LogP contribution in [0.4, 0.5) is 4.79 Å². The van der Waals surface area contributed by atoms with Gasteiger partial charge in [-0.25, -0.2) is 9.80 Å². The van der Waals surface area contributed by atoms with Gasteiger partial charge in [0.05, 0.1) is 0 Å². The minimum atomic E-state index is -0.998. The van der Waals surface area contributed by atoms with Crippen molar-refractivity contribution in [3.63, 3.8) is 0 Å². The SMILES string of the molecule is CC(C)CN(CC(=O)O)NC(=O)OC(C)(C)C. The number of aliphatic carboxylic acids is 1. The van der Waals surface area contributed by atoms with E-state index in [-0.39, 0.29) is 12.5 Å². The highest BCUT2D eigenvalue weighted by molar-refractivity contribution is 5.71. The Morgan fingerprint density at radius 2 is 1.88 bits per heavy atom. The molecule has 0 radical (unpaired) electrons. The maximum Gasteiger partial charge on any atom is 0.422 e. The molecule has 0 saturated heterocycles. The van der Waals surface area contributed by atoms with E-state index < -0.39 is 17.7 Å². The third-order valence-corrected chi connectivity index (χ3v) is 1.56. The zero-order valence-electron chi connectivity index (χ0n) is 11.1. The van der Waals surface area contributed by atoms with E-state index >= 15 is 0 Å². The lowest BCUT2D eigenvalue weighted by Crippen LogP contribution is -2.48. The summed E-state index contributed by atoms with van der Waals surface area (Å²) in [6.07, 6.45) is -0.639. The van der Waals surface area contributed by atoms with Crippen LogP contribution in [0.15, 0.2) is 0 Å². The number of amides is 1. The number of carboxylic acids is 1. The Hall–Kier alpha value is -1.30. The highest BCUT2D eigenvalue weighted by Crippen LogP contribution is 2.07. The monoisotopic (exact) mass is 246 g/mol. The highest BCUT2D eigenvalue weighted by atomic mass is 16.6. The number of rotatable bonds is 5. The third-order valence-electron chi connectivity index (χ3n) is 1.56. The molecule has 1 amide bonds. The Kier molecular flexibility index (Phi) is 5.95. The highest BCUT2D eigenvalue weighted by Gasteiger charge is 2.19. The molecule has 0 spiro atoms. The molecule has 0 atom stereocenters. The van der Waals surface area contributed by atoms with Crippen LogP contribution in [0, 0.1) is 5.92 Å². The number of hydrogen-bond acceptors (Lipinski definition) is 4. The van der Waals surface area contributed by atoms with Crippen molar-refractivity contribution in [2.24, 2.45) is 5.92 Å². The molecule has 0 aromatic rings. The Bertz CT molecular complexity index is 271. The van der Waals surface area contributed by atoms with Gasteiger partial charge >= 0.3 is 12.1 Å². The standard InChI is InChI=1S/C11H22N2O4/c1-8(2)6-13(7-9(14)15)12-10(16)17-11(3,4)5/h8H,6-7H2,1-5H3,(H,12,16)(H,14,15). The van der Waals surface area contributed by atoms with Crippen LogP contribution in [-0.4, -0.2) is 40.9 Å². The van der Waals surface area contributed by atoms with E-state index in [9.17, 15) is 9.59 Å². The van der Waals surface area contributed by atoms with Crippen molar-refractivity contribution in [3.05, 3.63) is 0 Å². The Morgan fingerprint density at radius 1 is 1.35 bits per heavy atom. The molecule has 100 valence electrons. The molecule has 6 heteroatoms. The molecule has 0 saturated carbocycles. The number of hydrazine groups is 1. The van der Waals surface area contributed by atoms with Gasteiger partial charge in [-0.3, -0.25) is 10.2 Å². The zero-order valence-corrected chi connectivity index (χ0v) is 11.1. The summed E-state index contributed by atoms with van der Waals surface area (Å²) < 4.78 is 5.05. The minimum absolute atomic E-state index is 0.240. The van der Waals surface area contributed by atoms with Crippen LogP contribution in [0.3, 0.4) is 0 Å². The predicted molar refractivity (Wildman–Crippen MR) is 63.4 cm³/mol. The van der Waals surface area contributed by atoms with Crippen molar-refractivity contribution in [2.75, 3.05) is 13.1 Å². The molecule has 0 aliphatic rings. The van der Waals surface area contributed by atoms with Crippen LogP contribution < -0.4 is 5.43 Å². The van der Waals surface area contributed by atoms with Crippen LogP contribution >= 0.6 is 0 Å². The van der Waals surface area contributed by atoms with E-state index in [2.05, 4.69) is 5.43 Å². The average molecular weight is 246 g/mol. The van der Waals surface area contributed by atoms with Crippen LogP contribution in [0.25, 0.3) is 0 Å². The Balaban J connectivity index is 4.32. The molecule has 0 aliphatic carbocycles. The van der Waals surface area contributed by atoms with Gasteiger partial charge in [0.25, 0.3) is 0 Å². The summed E-state index contributed by atoms with van der Waals surface area (Å²) in [5, 5.41) is 10.0. The third kappa shape index (κ3) is 9.62. The smallest absolute Gasteiger partial charge is 0.422 e. The number of hydrogen-bond donors (Lipinski definition) is 2. The van der Waals surface area contributed by atoms with Crippen molar-refractivity contribution < 1.29 is 19.4 Å². The second kappa shape index (κ2) is 6.44. The molecule has 0 aromatic carbocycles. The predicted octanol–water partition coefficient (Wildman–Crippen LogP) is 1.47. The topological polar surface area (TPSA) is 78.9 Å². The van der Waals surface area contributed by atoms with Gasteiger partial charge in [0.2, 0.25) is 0 Å². The summed E-state index contributed by atoms with van der Waals surface area (Å²) in [5.74, 6) is -0.758. The van der Waals surface area contributed by atoms with E-state index in [1.165, 1.54) is 5.01 Å². The molecule has 0 heterocycles. The Labute approximate surface area is 102 Å². The van der Waals surface area contributed by atoms with E-state index in [1.807, 2.05) is 13.8 Å². The Morgan fingerprint density at radius 3 is 2.24 bits per heavy atom. The summed E-state index contributed by atoms with van der Waals surface area (Å²) in [6.45, 7) is 9.31. The minimum Gasteiger partial charge on any atom is -0.480 e. The van der Waals surface area contributed by atoms with E-state index in [1.54, 1.807) is 20.8 Å². The summed E-state index contributed by atoms with van der Waals surface area (Å²) >= 11 is 0. The molecule has 2 N–H and O–H groups in total. The molecule has 0 rings (SSSR count). The molecule has 17 heavy (non-hydrogen) atoms. The summed E-state index contributed by atoms with van der Waals surface area (Å²) in [6, 6.07) is 0. The van der Waals surface area contributed by atoms with Gasteiger partial charge in [-0.2, -0.15) is 0 Å². The molecule has 0 bridgehead atoms. The van der Waals surface area contributed by atoms with E-state index in [0.29, 0.717) is 6.54 Å². The van der Waals surface area contributed by atoms with Crippen molar-refractivity contribution >= 4 is 12.1 Å². The quantitative estimate of drug-likeness (QED) is 0.718. The van der Waals surface area contributed by atoms with Crippen molar-refractivity contribution in [2.45, 2.75) is 40.2 Å². The molecular formula is C11H22N2O4. The molecule has 0 aromatic heterocycles. The lowest BCUT2D eigenvalue weighted by atomic mass is 10.2. The first-order valence-corrected chi connectivity index (χ1v) is 5.56. The molecular weight excluding hydrogens is 224 g/mol. The van der Waals surface area contributed by atoms with Crippen LogP contribution in [0.1, 0.15) is 34.6 Å². The van der Waals surface area contributed by atoms with E-state index in [0.717, 1.165) is 0 Å². The second-order valence-corrected chi connectivity index (χ2v) is 5.28. The van der Waals surface area contributed by atoms with Gasteiger partial charge in [0.1, 0.15) is 12.1 Å². The van der Waals surface area contributed by atoms with Gasteiger partial charge in [-0.05, 0) is 26.7 Å². The lowest BCUT2D eigenvalue weighted by Gasteiger charge is -2.26. The van der Waals surface area contributed by atoms with Crippen molar-refractivity contribution in [3.8, 4) is 0 Å². The van der Waals surface area contributed by atoms with Crippen molar-refractivity contribution in [1.82, 2.24) is 10.4 Å². The van der Waals surface area contributed by atoms with Gasteiger partial charge in [0, 0.05) is 6.54 Å². The normalized spacial score (nSPS) is 11.7. The van der Waals surface area contributed by atoms with Crippen LogP contribution in [-0.2, 0) is 9.53 Å². The second-order valence-electron chi connectivity index (χ2n) is 5.28. The first kappa shape index (κ1) is 15.7. The van der Waals surface area contributed by atoms with Crippen molar-refractivity contribution in [1.29, 1.82) is 0 Å².